The second kappa shape index (κ2) is 6.10. The van der Waals surface area contributed by atoms with Gasteiger partial charge in [0, 0.05) is 38.8 Å². The van der Waals surface area contributed by atoms with E-state index in [1.165, 1.54) is 0 Å². The van der Waals surface area contributed by atoms with Crippen molar-refractivity contribution >= 4 is 11.5 Å². The molecule has 2 heterocycles. The summed E-state index contributed by atoms with van der Waals surface area (Å²) in [5.41, 5.74) is 6.74. The topological polar surface area (TPSA) is 54.6 Å². The van der Waals surface area contributed by atoms with Crippen LogP contribution in [-0.4, -0.2) is 49.7 Å². The second-order valence-corrected chi connectivity index (χ2v) is 5.45. The lowest BCUT2D eigenvalue weighted by molar-refractivity contribution is 0.231. The molecule has 1 aromatic heterocycles. The lowest BCUT2D eigenvalue weighted by atomic mass is 10.2. The number of hydrogen-bond acceptors (Lipinski definition) is 5. The van der Waals surface area contributed by atoms with Gasteiger partial charge in [0.15, 0.2) is 5.82 Å². The number of rotatable bonds is 4. The zero-order valence-corrected chi connectivity index (χ0v) is 12.1. The Morgan fingerprint density at radius 1 is 1.26 bits per heavy atom. The second-order valence-electron chi connectivity index (χ2n) is 5.45. The van der Waals surface area contributed by atoms with Crippen molar-refractivity contribution in [2.75, 3.05) is 50.5 Å². The average Bonchev–Trinajstić information content (AvgIpc) is 2.40. The van der Waals surface area contributed by atoms with Gasteiger partial charge in [-0.1, -0.05) is 13.8 Å². The standard InChI is InChI=1S/C14H24N4O/c1-11(2)10-17-6-8-18(9-7-17)14-12(15)4-5-13(16-14)19-3/h4-5,11H,6-10,15H2,1-3H3. The van der Waals surface area contributed by atoms with Crippen LogP contribution in [0.3, 0.4) is 0 Å². The fourth-order valence-corrected chi connectivity index (χ4v) is 2.47. The molecule has 1 aliphatic heterocycles. The van der Waals surface area contributed by atoms with Crippen molar-refractivity contribution in [2.24, 2.45) is 5.92 Å². The van der Waals surface area contributed by atoms with Gasteiger partial charge >= 0.3 is 0 Å². The quantitative estimate of drug-likeness (QED) is 0.892. The summed E-state index contributed by atoms with van der Waals surface area (Å²) in [7, 11) is 1.63. The van der Waals surface area contributed by atoms with E-state index in [-0.39, 0.29) is 0 Å². The van der Waals surface area contributed by atoms with E-state index in [2.05, 4.69) is 28.6 Å². The Kier molecular flexibility index (Phi) is 4.47. The third kappa shape index (κ3) is 3.50. The largest absolute Gasteiger partial charge is 0.481 e. The van der Waals surface area contributed by atoms with Crippen LogP contribution in [0.25, 0.3) is 0 Å². The molecule has 0 amide bonds. The molecule has 1 aromatic rings. The lowest BCUT2D eigenvalue weighted by Gasteiger charge is -2.36. The molecule has 0 aromatic carbocycles. The van der Waals surface area contributed by atoms with E-state index >= 15 is 0 Å². The first kappa shape index (κ1) is 13.9. The molecule has 2 N–H and O–H groups in total. The monoisotopic (exact) mass is 264 g/mol. The molecule has 0 aliphatic carbocycles. The molecule has 19 heavy (non-hydrogen) atoms. The smallest absolute Gasteiger partial charge is 0.215 e. The Morgan fingerprint density at radius 2 is 1.95 bits per heavy atom. The number of pyridine rings is 1. The van der Waals surface area contributed by atoms with Crippen LogP contribution in [0.5, 0.6) is 5.88 Å². The zero-order valence-electron chi connectivity index (χ0n) is 12.1. The highest BCUT2D eigenvalue weighted by molar-refractivity contribution is 5.63. The van der Waals surface area contributed by atoms with E-state index in [1.54, 1.807) is 13.2 Å². The van der Waals surface area contributed by atoms with Crippen LogP contribution in [0.1, 0.15) is 13.8 Å². The van der Waals surface area contributed by atoms with Gasteiger partial charge in [0.05, 0.1) is 12.8 Å². The number of nitrogens with zero attached hydrogens (tertiary/aromatic N) is 3. The Bertz CT molecular complexity index is 414. The Morgan fingerprint density at radius 3 is 2.53 bits per heavy atom. The molecule has 1 saturated heterocycles. The summed E-state index contributed by atoms with van der Waals surface area (Å²) in [5, 5.41) is 0. The molecule has 0 atom stereocenters. The molecular weight excluding hydrogens is 240 g/mol. The Hall–Kier alpha value is -1.49. The number of nitrogens with two attached hydrogens (primary N) is 1. The van der Waals surface area contributed by atoms with Crippen molar-refractivity contribution in [1.82, 2.24) is 9.88 Å². The molecule has 1 fully saturated rings. The van der Waals surface area contributed by atoms with Crippen LogP contribution < -0.4 is 15.4 Å². The summed E-state index contributed by atoms with van der Waals surface area (Å²) in [6, 6.07) is 3.66. The minimum Gasteiger partial charge on any atom is -0.481 e. The van der Waals surface area contributed by atoms with Crippen LogP contribution in [0.15, 0.2) is 12.1 Å². The van der Waals surface area contributed by atoms with Gasteiger partial charge in [0.25, 0.3) is 0 Å². The van der Waals surface area contributed by atoms with E-state index in [9.17, 15) is 0 Å². The van der Waals surface area contributed by atoms with Crippen LogP contribution in [-0.2, 0) is 0 Å². The van der Waals surface area contributed by atoms with Gasteiger partial charge in [0.1, 0.15) is 0 Å². The number of nitrogen functional groups attached to an aromatic ring is 1. The first-order chi connectivity index (χ1) is 9.10. The minimum atomic E-state index is 0.619. The van der Waals surface area contributed by atoms with E-state index < -0.39 is 0 Å². The summed E-state index contributed by atoms with van der Waals surface area (Å²) in [6.07, 6.45) is 0. The van der Waals surface area contributed by atoms with Gasteiger partial charge in [-0.2, -0.15) is 4.98 Å². The predicted octanol–water partition coefficient (Wildman–Crippen LogP) is 1.45. The normalized spacial score (nSPS) is 16.9. The summed E-state index contributed by atoms with van der Waals surface area (Å²) in [5.74, 6) is 2.18. The molecule has 0 radical (unpaired) electrons. The average molecular weight is 264 g/mol. The third-order valence-corrected chi connectivity index (χ3v) is 3.38. The predicted molar refractivity (Wildman–Crippen MR) is 78.7 cm³/mol. The Balaban J connectivity index is 2.01. The van der Waals surface area contributed by atoms with Crippen molar-refractivity contribution < 1.29 is 4.74 Å². The number of methoxy groups -OCH3 is 1. The van der Waals surface area contributed by atoms with Crippen LogP contribution in [0.4, 0.5) is 11.5 Å². The maximum absolute atomic E-state index is 6.02. The van der Waals surface area contributed by atoms with E-state index in [0.29, 0.717) is 11.8 Å². The SMILES string of the molecule is COc1ccc(N)c(N2CCN(CC(C)C)CC2)n1. The maximum Gasteiger partial charge on any atom is 0.215 e. The summed E-state index contributed by atoms with van der Waals surface area (Å²) in [6.45, 7) is 9.75. The van der Waals surface area contributed by atoms with Crippen LogP contribution in [0.2, 0.25) is 0 Å². The van der Waals surface area contributed by atoms with E-state index in [4.69, 9.17) is 10.5 Å². The molecule has 0 unspecified atom stereocenters. The molecule has 5 nitrogen and oxygen atoms in total. The Labute approximate surface area is 115 Å². The molecule has 106 valence electrons. The van der Waals surface area contributed by atoms with Gasteiger partial charge in [0.2, 0.25) is 5.88 Å². The number of piperazine rings is 1. The molecule has 0 bridgehead atoms. The van der Waals surface area contributed by atoms with Gasteiger partial charge in [-0.15, -0.1) is 0 Å². The number of anilines is 2. The van der Waals surface area contributed by atoms with Crippen molar-refractivity contribution in [3.8, 4) is 5.88 Å². The number of aromatic nitrogens is 1. The van der Waals surface area contributed by atoms with Gasteiger partial charge in [-0.25, -0.2) is 0 Å². The molecule has 0 saturated carbocycles. The third-order valence-electron chi connectivity index (χ3n) is 3.38. The first-order valence-electron chi connectivity index (χ1n) is 6.88. The maximum atomic E-state index is 6.02. The first-order valence-corrected chi connectivity index (χ1v) is 6.88. The number of hydrogen-bond donors (Lipinski definition) is 1. The molecule has 1 aliphatic rings. The highest BCUT2D eigenvalue weighted by Gasteiger charge is 2.20. The van der Waals surface area contributed by atoms with Gasteiger partial charge < -0.3 is 15.4 Å². The highest BCUT2D eigenvalue weighted by atomic mass is 16.5. The minimum absolute atomic E-state index is 0.619. The van der Waals surface area contributed by atoms with Gasteiger partial charge in [-0.3, -0.25) is 4.90 Å². The fourth-order valence-electron chi connectivity index (χ4n) is 2.47. The molecule has 2 rings (SSSR count). The van der Waals surface area contributed by atoms with E-state index in [0.717, 1.165) is 44.2 Å². The van der Waals surface area contributed by atoms with Crippen LogP contribution in [0, 0.1) is 5.92 Å². The summed E-state index contributed by atoms with van der Waals surface area (Å²) >= 11 is 0. The van der Waals surface area contributed by atoms with Crippen molar-refractivity contribution in [1.29, 1.82) is 0 Å². The van der Waals surface area contributed by atoms with Crippen molar-refractivity contribution in [3.63, 3.8) is 0 Å². The molecular formula is C14H24N4O. The zero-order chi connectivity index (χ0) is 13.8. The van der Waals surface area contributed by atoms with E-state index in [1.807, 2.05) is 6.07 Å². The van der Waals surface area contributed by atoms with Crippen LogP contribution >= 0.6 is 0 Å². The van der Waals surface area contributed by atoms with Gasteiger partial charge in [-0.05, 0) is 12.0 Å². The fraction of sp³-hybridized carbons (Fsp3) is 0.643. The molecule has 0 spiro atoms. The summed E-state index contributed by atoms with van der Waals surface area (Å²) in [4.78, 5) is 9.20. The lowest BCUT2D eigenvalue weighted by Crippen LogP contribution is -2.47. The number of ether oxygens (including phenoxy) is 1. The van der Waals surface area contributed by atoms with Crippen molar-refractivity contribution in [3.05, 3.63) is 12.1 Å². The van der Waals surface area contributed by atoms with Crippen molar-refractivity contribution in [2.45, 2.75) is 13.8 Å². The summed E-state index contributed by atoms with van der Waals surface area (Å²) < 4.78 is 5.17. The molecule has 5 heteroatoms. The highest BCUT2D eigenvalue weighted by Crippen LogP contribution is 2.24.